The van der Waals surface area contributed by atoms with Gasteiger partial charge in [-0.15, -0.1) is 11.3 Å². The average molecular weight is 590 g/mol. The quantitative estimate of drug-likeness (QED) is 0.253. The molecule has 1 atom stereocenters. The lowest BCUT2D eigenvalue weighted by molar-refractivity contribution is -0.114. The Bertz CT molecular complexity index is 1830. The molecular formula is C28H27N7O4S2. The van der Waals surface area contributed by atoms with Crippen molar-refractivity contribution < 1.29 is 18.3 Å². The van der Waals surface area contributed by atoms with E-state index in [9.17, 15) is 18.3 Å². The van der Waals surface area contributed by atoms with Crippen molar-refractivity contribution in [2.75, 3.05) is 23.7 Å². The lowest BCUT2D eigenvalue weighted by Gasteiger charge is -2.32. The van der Waals surface area contributed by atoms with Gasteiger partial charge in [0.15, 0.2) is 4.96 Å². The zero-order chi connectivity index (χ0) is 28.6. The van der Waals surface area contributed by atoms with Crippen LogP contribution in [0.4, 0.5) is 11.6 Å². The third kappa shape index (κ3) is 5.51. The first kappa shape index (κ1) is 26.9. The fourth-order valence-electron chi connectivity index (χ4n) is 4.97. The average Bonchev–Trinajstić information content (AvgIpc) is 3.55. The van der Waals surface area contributed by atoms with Gasteiger partial charge in [-0.1, -0.05) is 12.1 Å². The molecule has 0 bridgehead atoms. The standard InChI is InChI=1S/C28H27N7O4S2/c1-18(36)30-20-7-9-23(10-8-20)41(38,39)34-13-3-5-21(17-34)31-27-29-12-11-24(32-27)26-25(19-4-2-6-22(37)16-19)33-28-35(26)14-15-40-28/h2,4,6-12,14-16,21,37H,3,5,13,17H2,1H3,(H,30,36)(H,29,31,32)/t21-/m1/s1. The number of aromatic nitrogens is 4. The summed E-state index contributed by atoms with van der Waals surface area (Å²) < 4.78 is 30.2. The van der Waals surface area contributed by atoms with Crippen molar-refractivity contribution >= 4 is 43.9 Å². The van der Waals surface area contributed by atoms with Crippen LogP contribution in [0.3, 0.4) is 0 Å². The normalized spacial score (nSPS) is 16.1. The Balaban J connectivity index is 1.24. The van der Waals surface area contributed by atoms with Crippen LogP contribution in [0.5, 0.6) is 5.75 Å². The van der Waals surface area contributed by atoms with E-state index in [0.717, 1.165) is 22.6 Å². The van der Waals surface area contributed by atoms with Crippen molar-refractivity contribution in [1.29, 1.82) is 0 Å². The molecule has 0 aliphatic carbocycles. The predicted octanol–water partition coefficient (Wildman–Crippen LogP) is 4.45. The molecule has 6 rings (SSSR count). The van der Waals surface area contributed by atoms with Gasteiger partial charge in [0.1, 0.15) is 11.4 Å². The summed E-state index contributed by atoms with van der Waals surface area (Å²) in [6, 6.07) is 14.7. The number of piperidine rings is 1. The first-order valence-corrected chi connectivity index (χ1v) is 15.3. The summed E-state index contributed by atoms with van der Waals surface area (Å²) in [5.41, 5.74) is 3.41. The molecule has 0 spiro atoms. The van der Waals surface area contributed by atoms with Gasteiger partial charge < -0.3 is 15.7 Å². The van der Waals surface area contributed by atoms with Crippen LogP contribution < -0.4 is 10.6 Å². The fraction of sp³-hybridized carbons (Fsp3) is 0.214. The van der Waals surface area contributed by atoms with Crippen LogP contribution in [0.25, 0.3) is 27.6 Å². The molecule has 1 amide bonds. The molecule has 3 aromatic heterocycles. The van der Waals surface area contributed by atoms with Crippen molar-refractivity contribution in [3.05, 3.63) is 72.4 Å². The third-order valence-electron chi connectivity index (χ3n) is 6.81. The number of imidazole rings is 1. The molecule has 1 aliphatic rings. The van der Waals surface area contributed by atoms with E-state index in [1.165, 1.54) is 34.7 Å². The van der Waals surface area contributed by atoms with E-state index in [-0.39, 0.29) is 29.1 Å². The number of fused-ring (bicyclic) bond motifs is 1. The zero-order valence-electron chi connectivity index (χ0n) is 22.1. The number of phenolic OH excluding ortho intramolecular Hbond substituents is 1. The van der Waals surface area contributed by atoms with Gasteiger partial charge in [-0.05, 0) is 55.3 Å². The summed E-state index contributed by atoms with van der Waals surface area (Å²) in [4.78, 5) is 26.2. The minimum Gasteiger partial charge on any atom is -0.508 e. The van der Waals surface area contributed by atoms with Crippen LogP contribution in [0, 0.1) is 0 Å². The van der Waals surface area contributed by atoms with Gasteiger partial charge in [0.25, 0.3) is 0 Å². The number of anilines is 2. The van der Waals surface area contributed by atoms with Gasteiger partial charge >= 0.3 is 0 Å². The molecule has 13 heteroatoms. The maximum Gasteiger partial charge on any atom is 0.243 e. The Hall–Kier alpha value is -4.33. The molecule has 1 fully saturated rings. The first-order chi connectivity index (χ1) is 19.8. The van der Waals surface area contributed by atoms with Gasteiger partial charge in [0, 0.05) is 55.1 Å². The number of sulfonamides is 1. The highest BCUT2D eigenvalue weighted by atomic mass is 32.2. The number of carbonyl (C=O) groups excluding carboxylic acids is 1. The molecule has 1 aliphatic heterocycles. The van der Waals surface area contributed by atoms with Gasteiger partial charge in [-0.3, -0.25) is 9.20 Å². The maximum absolute atomic E-state index is 13.4. The summed E-state index contributed by atoms with van der Waals surface area (Å²) in [5.74, 6) is 0.314. The van der Waals surface area contributed by atoms with Crippen LogP contribution in [0.1, 0.15) is 19.8 Å². The zero-order valence-corrected chi connectivity index (χ0v) is 23.7. The number of thiazole rings is 1. The number of rotatable bonds is 7. The van der Waals surface area contributed by atoms with Crippen molar-refractivity contribution in [1.82, 2.24) is 23.7 Å². The number of carbonyl (C=O) groups is 1. The van der Waals surface area contributed by atoms with Crippen molar-refractivity contribution in [3.8, 4) is 28.4 Å². The van der Waals surface area contributed by atoms with Crippen LogP contribution in [-0.4, -0.2) is 62.2 Å². The summed E-state index contributed by atoms with van der Waals surface area (Å²) in [6.45, 7) is 2.07. The largest absolute Gasteiger partial charge is 0.508 e. The molecule has 0 unspecified atom stereocenters. The van der Waals surface area contributed by atoms with E-state index in [1.54, 1.807) is 42.6 Å². The minimum absolute atomic E-state index is 0.148. The number of hydrogen-bond donors (Lipinski definition) is 3. The van der Waals surface area contributed by atoms with E-state index in [2.05, 4.69) is 15.6 Å². The Labute approximate surface area is 240 Å². The lowest BCUT2D eigenvalue weighted by atomic mass is 10.1. The molecule has 5 aromatic rings. The summed E-state index contributed by atoms with van der Waals surface area (Å²) in [5, 5.41) is 18.0. The van der Waals surface area contributed by atoms with Crippen LogP contribution in [0.2, 0.25) is 0 Å². The van der Waals surface area contributed by atoms with Crippen molar-refractivity contribution in [2.24, 2.45) is 0 Å². The Kier molecular flexibility index (Phi) is 7.15. The number of amides is 1. The molecule has 4 heterocycles. The molecule has 11 nitrogen and oxygen atoms in total. The second kappa shape index (κ2) is 10.9. The number of phenols is 1. The van der Waals surface area contributed by atoms with Crippen LogP contribution in [0.15, 0.2) is 77.3 Å². The van der Waals surface area contributed by atoms with Crippen molar-refractivity contribution in [2.45, 2.75) is 30.7 Å². The van der Waals surface area contributed by atoms with E-state index in [1.807, 2.05) is 22.0 Å². The van der Waals surface area contributed by atoms with E-state index < -0.39 is 10.0 Å². The van der Waals surface area contributed by atoms with E-state index in [4.69, 9.17) is 9.97 Å². The summed E-state index contributed by atoms with van der Waals surface area (Å²) >= 11 is 1.50. The fourth-order valence-corrected chi connectivity index (χ4v) is 7.21. The topological polar surface area (TPSA) is 142 Å². The molecule has 1 saturated heterocycles. The Morgan fingerprint density at radius 1 is 1.12 bits per heavy atom. The predicted molar refractivity (Wildman–Crippen MR) is 157 cm³/mol. The third-order valence-corrected chi connectivity index (χ3v) is 9.45. The number of nitrogens with one attached hydrogen (secondary N) is 2. The smallest absolute Gasteiger partial charge is 0.243 e. The monoisotopic (exact) mass is 589 g/mol. The Morgan fingerprint density at radius 3 is 2.73 bits per heavy atom. The number of aromatic hydroxyl groups is 1. The van der Waals surface area contributed by atoms with Crippen LogP contribution in [-0.2, 0) is 14.8 Å². The van der Waals surface area contributed by atoms with Gasteiger partial charge in [-0.2, -0.15) is 4.31 Å². The Morgan fingerprint density at radius 2 is 1.95 bits per heavy atom. The second-order valence-electron chi connectivity index (χ2n) is 9.73. The molecule has 210 valence electrons. The molecule has 2 aromatic carbocycles. The molecule has 3 N–H and O–H groups in total. The highest BCUT2D eigenvalue weighted by Crippen LogP contribution is 2.35. The molecule has 0 radical (unpaired) electrons. The van der Waals surface area contributed by atoms with Gasteiger partial charge in [0.05, 0.1) is 16.3 Å². The van der Waals surface area contributed by atoms with Crippen molar-refractivity contribution in [3.63, 3.8) is 0 Å². The highest BCUT2D eigenvalue weighted by Gasteiger charge is 2.31. The highest BCUT2D eigenvalue weighted by molar-refractivity contribution is 7.89. The van der Waals surface area contributed by atoms with E-state index in [0.29, 0.717) is 36.0 Å². The van der Waals surface area contributed by atoms with E-state index >= 15 is 0 Å². The number of nitrogens with zero attached hydrogens (tertiary/aromatic N) is 5. The number of hydrogen-bond acceptors (Lipinski definition) is 9. The maximum atomic E-state index is 13.4. The lowest BCUT2D eigenvalue weighted by Crippen LogP contribution is -2.45. The minimum atomic E-state index is -3.72. The van der Waals surface area contributed by atoms with Crippen LogP contribution >= 0.6 is 11.3 Å². The second-order valence-corrected chi connectivity index (χ2v) is 12.5. The number of benzene rings is 2. The molecule has 0 saturated carbocycles. The molecule has 41 heavy (non-hydrogen) atoms. The SMILES string of the molecule is CC(=O)Nc1ccc(S(=O)(=O)N2CCC[C@@H](Nc3nccc(-c4c(-c5cccc(O)c5)nc5sccn45)n3)C2)cc1. The summed E-state index contributed by atoms with van der Waals surface area (Å²) in [7, 11) is -3.72. The van der Waals surface area contributed by atoms with Gasteiger partial charge in [0.2, 0.25) is 21.9 Å². The summed E-state index contributed by atoms with van der Waals surface area (Å²) in [6.07, 6.45) is 5.03. The first-order valence-electron chi connectivity index (χ1n) is 13.0. The molecular weight excluding hydrogens is 562 g/mol. The van der Waals surface area contributed by atoms with Gasteiger partial charge in [-0.25, -0.2) is 23.4 Å².